The molecule has 1 aliphatic rings. The fourth-order valence-corrected chi connectivity index (χ4v) is 5.39. The molecule has 0 saturated heterocycles. The van der Waals surface area contributed by atoms with E-state index in [1.54, 1.807) is 12.1 Å². The zero-order valence-electron chi connectivity index (χ0n) is 16.7. The van der Waals surface area contributed by atoms with Gasteiger partial charge in [0, 0.05) is 39.4 Å². The number of nitrogens with one attached hydrogen (secondary N) is 2. The Morgan fingerprint density at radius 1 is 1.17 bits per heavy atom. The largest absolute Gasteiger partial charge is 0.332 e. The van der Waals surface area contributed by atoms with Gasteiger partial charge in [0.05, 0.1) is 10.6 Å². The van der Waals surface area contributed by atoms with Crippen molar-refractivity contribution >= 4 is 66.3 Å². The summed E-state index contributed by atoms with van der Waals surface area (Å²) >= 11 is 12.7. The van der Waals surface area contributed by atoms with E-state index in [1.165, 1.54) is 44.2 Å². The molecule has 1 saturated carbocycles. The van der Waals surface area contributed by atoms with E-state index in [0.717, 1.165) is 26.7 Å². The van der Waals surface area contributed by atoms with Gasteiger partial charge in [-0.15, -0.1) is 0 Å². The second-order valence-electron chi connectivity index (χ2n) is 7.51. The number of halogens is 2. The number of hydrogen-bond acceptors (Lipinski definition) is 4. The summed E-state index contributed by atoms with van der Waals surface area (Å²) in [6.07, 6.45) is 6.42. The van der Waals surface area contributed by atoms with E-state index in [2.05, 4.69) is 60.5 Å². The number of hydrogen-bond donors (Lipinski definition) is 2. The van der Waals surface area contributed by atoms with Crippen LogP contribution in [0, 0.1) is 10.1 Å². The lowest BCUT2D eigenvalue weighted by atomic mass is 9.94. The van der Waals surface area contributed by atoms with Crippen molar-refractivity contribution in [2.45, 2.75) is 44.7 Å². The smallest absolute Gasteiger partial charge is 0.269 e. The first-order valence-electron chi connectivity index (χ1n) is 9.84. The lowest BCUT2D eigenvalue weighted by molar-refractivity contribution is -0.384. The van der Waals surface area contributed by atoms with E-state index in [-0.39, 0.29) is 5.69 Å². The van der Waals surface area contributed by atoms with Gasteiger partial charge in [-0.25, -0.2) is 0 Å². The molecule has 0 atom stereocenters. The summed E-state index contributed by atoms with van der Waals surface area (Å²) in [7, 11) is 2.18. The van der Waals surface area contributed by atoms with E-state index in [0.29, 0.717) is 16.8 Å². The van der Waals surface area contributed by atoms with Gasteiger partial charge in [0.2, 0.25) is 0 Å². The van der Waals surface area contributed by atoms with Gasteiger partial charge in [-0.3, -0.25) is 15.0 Å². The second-order valence-corrected chi connectivity index (χ2v) is 9.69. The van der Waals surface area contributed by atoms with Crippen LogP contribution >= 0.6 is 44.1 Å². The Morgan fingerprint density at radius 2 is 1.83 bits per heavy atom. The molecule has 0 heterocycles. The van der Waals surface area contributed by atoms with Gasteiger partial charge < -0.3 is 10.6 Å². The summed E-state index contributed by atoms with van der Waals surface area (Å²) in [6.45, 7) is 0.811. The zero-order valence-corrected chi connectivity index (χ0v) is 20.6. The number of anilines is 2. The molecule has 3 rings (SSSR count). The third-order valence-corrected chi connectivity index (χ3v) is 6.62. The third-order valence-electron chi connectivity index (χ3n) is 5.33. The predicted octanol–water partition coefficient (Wildman–Crippen LogP) is 6.69. The van der Waals surface area contributed by atoms with E-state index >= 15 is 0 Å². The SMILES string of the molecule is CN(Cc1cc(Br)cc(Br)c1NC(=S)Nc1ccc([N+](=O)[O-])cc1)C1CCCCC1. The Labute approximate surface area is 198 Å². The third kappa shape index (κ3) is 6.23. The molecule has 0 radical (unpaired) electrons. The normalized spacial score (nSPS) is 14.5. The monoisotopic (exact) mass is 554 g/mol. The van der Waals surface area contributed by atoms with E-state index in [1.807, 2.05) is 6.07 Å². The van der Waals surface area contributed by atoms with Crippen molar-refractivity contribution in [2.75, 3.05) is 17.7 Å². The first kappa shape index (κ1) is 23.1. The fourth-order valence-electron chi connectivity index (χ4n) is 3.75. The minimum absolute atomic E-state index is 0.0446. The van der Waals surface area contributed by atoms with Crippen LogP contribution < -0.4 is 10.6 Å². The number of nitro benzene ring substituents is 1. The lowest BCUT2D eigenvalue weighted by Gasteiger charge is -2.32. The van der Waals surface area contributed by atoms with Crippen LogP contribution in [0.5, 0.6) is 0 Å². The first-order chi connectivity index (χ1) is 14.3. The molecule has 1 aliphatic carbocycles. The molecule has 160 valence electrons. The average molecular weight is 556 g/mol. The zero-order chi connectivity index (χ0) is 21.7. The molecule has 9 heteroatoms. The van der Waals surface area contributed by atoms with Crippen LogP contribution in [0.4, 0.5) is 17.1 Å². The Balaban J connectivity index is 1.72. The molecule has 2 aromatic carbocycles. The van der Waals surface area contributed by atoms with Crippen LogP contribution in [0.15, 0.2) is 45.3 Å². The highest BCUT2D eigenvalue weighted by atomic mass is 79.9. The Bertz CT molecular complexity index is 918. The van der Waals surface area contributed by atoms with Gasteiger partial charge in [-0.2, -0.15) is 0 Å². The van der Waals surface area contributed by atoms with Gasteiger partial charge in [0.1, 0.15) is 0 Å². The summed E-state index contributed by atoms with van der Waals surface area (Å²) in [4.78, 5) is 12.8. The predicted molar refractivity (Wildman–Crippen MR) is 133 cm³/mol. The highest BCUT2D eigenvalue weighted by molar-refractivity contribution is 9.11. The minimum Gasteiger partial charge on any atom is -0.332 e. The topological polar surface area (TPSA) is 70.4 Å². The average Bonchev–Trinajstić information content (AvgIpc) is 2.71. The highest BCUT2D eigenvalue weighted by Gasteiger charge is 2.20. The molecule has 1 fully saturated rings. The fraction of sp³-hybridized carbons (Fsp3) is 0.381. The van der Waals surface area contributed by atoms with Gasteiger partial charge in [0.25, 0.3) is 5.69 Å². The van der Waals surface area contributed by atoms with Crippen LogP contribution in [0.2, 0.25) is 0 Å². The Hall–Kier alpha value is -1.55. The van der Waals surface area contributed by atoms with Crippen LogP contribution in [-0.2, 0) is 6.54 Å². The molecule has 0 aromatic heterocycles. The summed E-state index contributed by atoms with van der Waals surface area (Å²) in [5.41, 5.74) is 2.78. The van der Waals surface area contributed by atoms with Crippen molar-refractivity contribution < 1.29 is 4.92 Å². The number of non-ortho nitro benzene ring substituents is 1. The number of rotatable bonds is 6. The summed E-state index contributed by atoms with van der Waals surface area (Å²) in [5.74, 6) is 0. The first-order valence-corrected chi connectivity index (χ1v) is 11.8. The van der Waals surface area contributed by atoms with Crippen molar-refractivity contribution in [3.8, 4) is 0 Å². The van der Waals surface area contributed by atoms with Gasteiger partial charge >= 0.3 is 0 Å². The van der Waals surface area contributed by atoms with Crippen LogP contribution in [0.1, 0.15) is 37.7 Å². The molecular formula is C21H24Br2N4O2S. The van der Waals surface area contributed by atoms with Crippen LogP contribution in [0.25, 0.3) is 0 Å². The molecule has 0 amide bonds. The molecule has 6 nitrogen and oxygen atoms in total. The number of nitrogens with zero attached hydrogens (tertiary/aromatic N) is 2. The quantitative estimate of drug-likeness (QED) is 0.235. The lowest BCUT2D eigenvalue weighted by Crippen LogP contribution is -2.33. The standard InChI is InChI=1S/C21H24Br2N4O2S/c1-26(17-5-3-2-4-6-17)13-14-11-15(22)12-19(23)20(14)25-21(30)24-16-7-9-18(10-8-16)27(28)29/h7-12,17H,2-6,13H2,1H3,(H2,24,25,30). The van der Waals surface area contributed by atoms with E-state index in [9.17, 15) is 10.1 Å². The maximum absolute atomic E-state index is 10.8. The molecule has 2 N–H and O–H groups in total. The van der Waals surface area contributed by atoms with Crippen molar-refractivity contribution in [3.05, 3.63) is 61.0 Å². The molecule has 2 aromatic rings. The van der Waals surface area contributed by atoms with Crippen LogP contribution in [0.3, 0.4) is 0 Å². The Kier molecular flexibility index (Phi) is 8.21. The maximum Gasteiger partial charge on any atom is 0.269 e. The molecule has 0 spiro atoms. The van der Waals surface area contributed by atoms with E-state index < -0.39 is 4.92 Å². The van der Waals surface area contributed by atoms with Gasteiger partial charge in [-0.05, 0) is 77.9 Å². The molecule has 0 aliphatic heterocycles. The van der Waals surface area contributed by atoms with Crippen molar-refractivity contribution in [1.82, 2.24) is 4.90 Å². The molecule has 0 unspecified atom stereocenters. The van der Waals surface area contributed by atoms with Gasteiger partial charge in [0.15, 0.2) is 5.11 Å². The second kappa shape index (κ2) is 10.7. The number of benzene rings is 2. The van der Waals surface area contributed by atoms with Crippen molar-refractivity contribution in [2.24, 2.45) is 0 Å². The molecular weight excluding hydrogens is 532 g/mol. The molecule has 0 bridgehead atoms. The number of thiocarbonyl (C=S) groups is 1. The summed E-state index contributed by atoms with van der Waals surface area (Å²) < 4.78 is 1.91. The highest BCUT2D eigenvalue weighted by Crippen LogP contribution is 2.33. The summed E-state index contributed by atoms with van der Waals surface area (Å²) in [5, 5.41) is 17.6. The Morgan fingerprint density at radius 3 is 2.47 bits per heavy atom. The van der Waals surface area contributed by atoms with E-state index in [4.69, 9.17) is 12.2 Å². The maximum atomic E-state index is 10.8. The number of nitro groups is 1. The van der Waals surface area contributed by atoms with Gasteiger partial charge in [-0.1, -0.05) is 35.2 Å². The van der Waals surface area contributed by atoms with Crippen LogP contribution in [-0.4, -0.2) is 28.0 Å². The summed E-state index contributed by atoms with van der Waals surface area (Å²) in [6, 6.07) is 10.9. The van der Waals surface area contributed by atoms with Crippen molar-refractivity contribution in [1.29, 1.82) is 0 Å². The molecule has 30 heavy (non-hydrogen) atoms. The van der Waals surface area contributed by atoms with Crippen molar-refractivity contribution in [3.63, 3.8) is 0 Å². The minimum atomic E-state index is -0.422.